The highest BCUT2D eigenvalue weighted by Gasteiger charge is 2.19. The first-order valence-electron chi connectivity index (χ1n) is 8.83. The zero-order chi connectivity index (χ0) is 19.8. The summed E-state index contributed by atoms with van der Waals surface area (Å²) in [5.74, 6) is 0.452. The van der Waals surface area contributed by atoms with Crippen molar-refractivity contribution in [3.8, 4) is 5.75 Å². The Morgan fingerprint density at radius 1 is 1.04 bits per heavy atom. The van der Waals surface area contributed by atoms with Crippen LogP contribution in [0.2, 0.25) is 0 Å². The lowest BCUT2D eigenvalue weighted by Crippen LogP contribution is -2.40. The van der Waals surface area contributed by atoms with E-state index in [0.717, 1.165) is 5.56 Å². The largest absolute Gasteiger partial charge is 0.497 e. The molecule has 6 nitrogen and oxygen atoms in total. The molecular formula is C21H27N3O3. The van der Waals surface area contributed by atoms with Gasteiger partial charge in [-0.25, -0.2) is 0 Å². The highest BCUT2D eigenvalue weighted by molar-refractivity contribution is 5.92. The normalized spacial score (nSPS) is 11.7. The second-order valence-electron chi connectivity index (χ2n) is 6.54. The number of nitrogens with one attached hydrogen (secondary N) is 1. The number of likely N-dealkylation sites (N-methyl/N-ethyl adjacent to an activating group) is 2. The Kier molecular flexibility index (Phi) is 7.37. The number of carbonyl (C=O) groups excluding carboxylic acids is 2. The number of amides is 2. The first kappa shape index (κ1) is 20.5. The van der Waals surface area contributed by atoms with E-state index in [1.807, 2.05) is 49.4 Å². The maximum atomic E-state index is 12.5. The van der Waals surface area contributed by atoms with Gasteiger partial charge in [-0.3, -0.25) is 14.5 Å². The number of methoxy groups -OCH3 is 1. The molecule has 0 saturated carbocycles. The van der Waals surface area contributed by atoms with Gasteiger partial charge >= 0.3 is 0 Å². The number of hydrogen-bond acceptors (Lipinski definition) is 4. The van der Waals surface area contributed by atoms with Crippen molar-refractivity contribution in [3.63, 3.8) is 0 Å². The average molecular weight is 369 g/mol. The number of nitrogens with zero attached hydrogens (tertiary/aromatic N) is 2. The molecule has 0 aliphatic rings. The number of carbonyl (C=O) groups is 2. The molecule has 1 N–H and O–H groups in total. The Balaban J connectivity index is 1.85. The van der Waals surface area contributed by atoms with Gasteiger partial charge in [0.2, 0.25) is 11.8 Å². The molecular weight excluding hydrogens is 342 g/mol. The third-order valence-electron chi connectivity index (χ3n) is 4.43. The molecule has 2 rings (SSSR count). The number of benzene rings is 2. The zero-order valence-corrected chi connectivity index (χ0v) is 16.3. The van der Waals surface area contributed by atoms with E-state index in [2.05, 4.69) is 5.32 Å². The van der Waals surface area contributed by atoms with Crippen LogP contribution in [0.15, 0.2) is 54.6 Å². The molecule has 2 aromatic carbocycles. The Hall–Kier alpha value is -2.86. The molecule has 0 spiro atoms. The number of anilines is 1. The van der Waals surface area contributed by atoms with Gasteiger partial charge in [0.1, 0.15) is 5.75 Å². The number of rotatable bonds is 8. The minimum atomic E-state index is -0.183. The van der Waals surface area contributed by atoms with Gasteiger partial charge in [-0.1, -0.05) is 36.4 Å². The lowest BCUT2D eigenvalue weighted by molar-refractivity contribution is -0.133. The minimum Gasteiger partial charge on any atom is -0.497 e. The van der Waals surface area contributed by atoms with Gasteiger partial charge in [-0.15, -0.1) is 0 Å². The first-order chi connectivity index (χ1) is 12.9. The lowest BCUT2D eigenvalue weighted by Gasteiger charge is -2.27. The van der Waals surface area contributed by atoms with Crippen LogP contribution in [-0.4, -0.2) is 55.9 Å². The van der Waals surface area contributed by atoms with Crippen LogP contribution < -0.4 is 10.1 Å². The summed E-state index contributed by atoms with van der Waals surface area (Å²) in [5, 5.41) is 2.81. The average Bonchev–Trinajstić information content (AvgIpc) is 2.67. The summed E-state index contributed by atoms with van der Waals surface area (Å²) in [6, 6.07) is 17.0. The maximum absolute atomic E-state index is 12.5. The molecule has 6 heteroatoms. The van der Waals surface area contributed by atoms with Crippen molar-refractivity contribution in [1.82, 2.24) is 9.80 Å². The van der Waals surface area contributed by atoms with E-state index in [9.17, 15) is 9.59 Å². The molecule has 0 radical (unpaired) electrons. The molecule has 2 amide bonds. The Bertz CT molecular complexity index is 764. The van der Waals surface area contributed by atoms with Gasteiger partial charge in [-0.05, 0) is 31.7 Å². The second-order valence-corrected chi connectivity index (χ2v) is 6.54. The number of ether oxygens (including phenoxy) is 1. The van der Waals surface area contributed by atoms with Crippen LogP contribution in [0.25, 0.3) is 0 Å². The Labute approximate surface area is 160 Å². The van der Waals surface area contributed by atoms with Crippen LogP contribution >= 0.6 is 0 Å². The van der Waals surface area contributed by atoms with E-state index in [0.29, 0.717) is 11.4 Å². The predicted molar refractivity (Wildman–Crippen MR) is 107 cm³/mol. The summed E-state index contributed by atoms with van der Waals surface area (Å²) in [6.07, 6.45) is 0. The third kappa shape index (κ3) is 6.11. The fraction of sp³-hybridized carbons (Fsp3) is 0.333. The molecule has 2 aromatic rings. The Morgan fingerprint density at radius 3 is 2.41 bits per heavy atom. The van der Waals surface area contributed by atoms with Gasteiger partial charge in [0, 0.05) is 18.8 Å². The van der Waals surface area contributed by atoms with Crippen molar-refractivity contribution in [2.45, 2.75) is 13.0 Å². The van der Waals surface area contributed by atoms with Crippen molar-refractivity contribution in [2.24, 2.45) is 0 Å². The Morgan fingerprint density at radius 2 is 1.74 bits per heavy atom. The molecule has 0 aromatic heterocycles. The van der Waals surface area contributed by atoms with E-state index in [4.69, 9.17) is 4.74 Å². The summed E-state index contributed by atoms with van der Waals surface area (Å²) in [6.45, 7) is 2.28. The molecule has 0 aliphatic carbocycles. The smallest absolute Gasteiger partial charge is 0.238 e. The van der Waals surface area contributed by atoms with Crippen LogP contribution in [-0.2, 0) is 9.59 Å². The SMILES string of the molecule is COc1cccc(NC(=O)CN(C)CC(=O)N(C)[C@@H](C)c2ccccc2)c1. The summed E-state index contributed by atoms with van der Waals surface area (Å²) < 4.78 is 5.14. The van der Waals surface area contributed by atoms with Crippen molar-refractivity contribution >= 4 is 17.5 Å². The molecule has 0 heterocycles. The van der Waals surface area contributed by atoms with Crippen molar-refractivity contribution < 1.29 is 14.3 Å². The summed E-state index contributed by atoms with van der Waals surface area (Å²) in [5.41, 5.74) is 1.74. The lowest BCUT2D eigenvalue weighted by atomic mass is 10.1. The second kappa shape index (κ2) is 9.73. The van der Waals surface area contributed by atoms with Crippen LogP contribution in [0.3, 0.4) is 0 Å². The van der Waals surface area contributed by atoms with Crippen molar-refractivity contribution in [1.29, 1.82) is 0 Å². The maximum Gasteiger partial charge on any atom is 0.238 e. The molecule has 0 bridgehead atoms. The van der Waals surface area contributed by atoms with Gasteiger partial charge < -0.3 is 15.0 Å². The monoisotopic (exact) mass is 369 g/mol. The molecule has 0 fully saturated rings. The summed E-state index contributed by atoms with van der Waals surface area (Å²) >= 11 is 0. The fourth-order valence-corrected chi connectivity index (χ4v) is 2.72. The summed E-state index contributed by atoms with van der Waals surface area (Å²) in [7, 11) is 5.11. The topological polar surface area (TPSA) is 61.9 Å². The third-order valence-corrected chi connectivity index (χ3v) is 4.43. The van der Waals surface area contributed by atoms with E-state index < -0.39 is 0 Å². The molecule has 0 aliphatic heterocycles. The van der Waals surface area contributed by atoms with E-state index >= 15 is 0 Å². The summed E-state index contributed by atoms with van der Waals surface area (Å²) in [4.78, 5) is 28.1. The molecule has 0 unspecified atom stereocenters. The van der Waals surface area contributed by atoms with Crippen LogP contribution in [0.5, 0.6) is 5.75 Å². The van der Waals surface area contributed by atoms with Gasteiger partial charge in [0.15, 0.2) is 0 Å². The highest BCUT2D eigenvalue weighted by Crippen LogP contribution is 2.18. The molecule has 144 valence electrons. The van der Waals surface area contributed by atoms with Crippen molar-refractivity contribution in [2.75, 3.05) is 39.6 Å². The first-order valence-corrected chi connectivity index (χ1v) is 8.83. The molecule has 1 atom stereocenters. The van der Waals surface area contributed by atoms with Gasteiger partial charge in [-0.2, -0.15) is 0 Å². The fourth-order valence-electron chi connectivity index (χ4n) is 2.72. The van der Waals surface area contributed by atoms with Gasteiger partial charge in [0.25, 0.3) is 0 Å². The molecule has 27 heavy (non-hydrogen) atoms. The minimum absolute atomic E-state index is 0.0299. The van der Waals surface area contributed by atoms with Crippen LogP contribution in [0.1, 0.15) is 18.5 Å². The van der Waals surface area contributed by atoms with E-state index in [1.54, 1.807) is 43.1 Å². The van der Waals surface area contributed by atoms with Crippen LogP contribution in [0, 0.1) is 0 Å². The quantitative estimate of drug-likeness (QED) is 0.777. The number of hydrogen-bond donors (Lipinski definition) is 1. The zero-order valence-electron chi connectivity index (χ0n) is 16.3. The van der Waals surface area contributed by atoms with Crippen molar-refractivity contribution in [3.05, 3.63) is 60.2 Å². The molecule has 0 saturated heterocycles. The van der Waals surface area contributed by atoms with Gasteiger partial charge in [0.05, 0.1) is 26.2 Å². The predicted octanol–water partition coefficient (Wildman–Crippen LogP) is 2.79. The standard InChI is InChI=1S/C21H27N3O3/c1-16(17-9-6-5-7-10-17)24(3)21(26)15-23(2)14-20(25)22-18-11-8-12-19(13-18)27-4/h5-13,16H,14-15H2,1-4H3,(H,22,25)/t16-/m0/s1. The van der Waals surface area contributed by atoms with E-state index in [-0.39, 0.29) is 30.9 Å². The van der Waals surface area contributed by atoms with E-state index in [1.165, 1.54) is 0 Å². The van der Waals surface area contributed by atoms with Crippen LogP contribution in [0.4, 0.5) is 5.69 Å². The highest BCUT2D eigenvalue weighted by atomic mass is 16.5.